The Balaban J connectivity index is 2.62. The van der Waals surface area contributed by atoms with Crippen molar-refractivity contribution in [2.75, 3.05) is 0 Å². The van der Waals surface area contributed by atoms with Crippen LogP contribution in [0.3, 0.4) is 0 Å². The summed E-state index contributed by atoms with van der Waals surface area (Å²) in [6.45, 7) is 0.320. The maximum Gasteiger partial charge on any atom is 0.301 e. The Labute approximate surface area is 49.1 Å². The molecule has 0 bridgehead atoms. The molecule has 0 fully saturated rings. The Morgan fingerprint density at radius 3 is 3.25 bits per heavy atom. The van der Waals surface area contributed by atoms with E-state index >= 15 is 0 Å². The average molecular weight is 130 g/mol. The molecule has 0 radical (unpaired) electrons. The molecule has 0 unspecified atom stereocenters. The van der Waals surface area contributed by atoms with Crippen LogP contribution in [0.2, 0.25) is 0 Å². The van der Waals surface area contributed by atoms with Crippen molar-refractivity contribution in [2.45, 2.75) is 0 Å². The standard InChI is InChI=1S/C3H2N2O2S/c6-2-7-3-5-4-1-8-3/h1-2H. The Morgan fingerprint density at radius 2 is 2.75 bits per heavy atom. The van der Waals surface area contributed by atoms with E-state index in [-0.39, 0.29) is 5.19 Å². The molecule has 0 aliphatic heterocycles. The summed E-state index contributed by atoms with van der Waals surface area (Å²) in [6.07, 6.45) is 0. The lowest BCUT2D eigenvalue weighted by Crippen LogP contribution is -1.86. The molecule has 8 heavy (non-hydrogen) atoms. The van der Waals surface area contributed by atoms with Crippen LogP contribution in [-0.2, 0) is 4.79 Å². The van der Waals surface area contributed by atoms with E-state index in [1.54, 1.807) is 0 Å². The smallest absolute Gasteiger partial charge is 0.301 e. The van der Waals surface area contributed by atoms with Gasteiger partial charge in [-0.2, -0.15) is 0 Å². The number of carbonyl (C=O) groups is 1. The van der Waals surface area contributed by atoms with Gasteiger partial charge < -0.3 is 4.74 Å². The molecular formula is C3H2N2O2S. The number of aromatic nitrogens is 2. The van der Waals surface area contributed by atoms with E-state index in [1.807, 2.05) is 0 Å². The fourth-order valence-electron chi connectivity index (χ4n) is 0.255. The van der Waals surface area contributed by atoms with Crippen LogP contribution in [0.1, 0.15) is 0 Å². The summed E-state index contributed by atoms with van der Waals surface area (Å²) >= 11 is 1.17. The SMILES string of the molecule is O=COc1nncs1. The summed E-state index contributed by atoms with van der Waals surface area (Å²) < 4.78 is 4.31. The summed E-state index contributed by atoms with van der Waals surface area (Å²) in [5.41, 5.74) is 1.48. The van der Waals surface area contributed by atoms with Gasteiger partial charge >= 0.3 is 5.19 Å². The first kappa shape index (κ1) is 5.17. The van der Waals surface area contributed by atoms with E-state index in [9.17, 15) is 4.79 Å². The molecule has 0 amide bonds. The number of nitrogens with zero attached hydrogens (tertiary/aromatic N) is 2. The minimum absolute atomic E-state index is 0.278. The second-order valence-corrected chi connectivity index (χ2v) is 1.71. The van der Waals surface area contributed by atoms with Gasteiger partial charge in [-0.05, 0) is 0 Å². The average Bonchev–Trinajstić information content (AvgIpc) is 2.19. The van der Waals surface area contributed by atoms with E-state index in [4.69, 9.17) is 0 Å². The van der Waals surface area contributed by atoms with Gasteiger partial charge in [0, 0.05) is 0 Å². The third-order valence-corrected chi connectivity index (χ3v) is 1.07. The molecule has 0 aromatic carbocycles. The lowest BCUT2D eigenvalue weighted by atomic mass is 11.3. The monoisotopic (exact) mass is 130 g/mol. The van der Waals surface area contributed by atoms with Gasteiger partial charge in [-0.1, -0.05) is 16.4 Å². The minimum atomic E-state index is 0.278. The molecule has 1 aromatic rings. The lowest BCUT2D eigenvalue weighted by molar-refractivity contribution is -0.120. The van der Waals surface area contributed by atoms with Crippen LogP contribution in [0.25, 0.3) is 0 Å². The molecule has 4 nitrogen and oxygen atoms in total. The van der Waals surface area contributed by atoms with Crippen LogP contribution in [0, 0.1) is 0 Å². The Kier molecular flexibility index (Phi) is 1.53. The molecule has 1 heterocycles. The Hall–Kier alpha value is -0.970. The first-order valence-electron chi connectivity index (χ1n) is 1.80. The van der Waals surface area contributed by atoms with Gasteiger partial charge in [0.1, 0.15) is 5.51 Å². The van der Waals surface area contributed by atoms with E-state index < -0.39 is 0 Å². The third kappa shape index (κ3) is 1.00. The molecule has 0 saturated carbocycles. The van der Waals surface area contributed by atoms with Gasteiger partial charge in [0.15, 0.2) is 0 Å². The fraction of sp³-hybridized carbons (Fsp3) is 0. The normalized spacial score (nSPS) is 8.50. The van der Waals surface area contributed by atoms with E-state index in [0.29, 0.717) is 6.47 Å². The molecule has 0 N–H and O–H groups in total. The van der Waals surface area contributed by atoms with Crippen molar-refractivity contribution >= 4 is 17.8 Å². The van der Waals surface area contributed by atoms with E-state index in [0.717, 1.165) is 0 Å². The maximum absolute atomic E-state index is 9.59. The van der Waals surface area contributed by atoms with Gasteiger partial charge in [-0.25, -0.2) is 0 Å². The van der Waals surface area contributed by atoms with Crippen LogP contribution in [0.15, 0.2) is 5.51 Å². The first-order chi connectivity index (χ1) is 3.93. The highest BCUT2D eigenvalue weighted by molar-refractivity contribution is 7.11. The van der Waals surface area contributed by atoms with Gasteiger partial charge in [0.25, 0.3) is 6.47 Å². The van der Waals surface area contributed by atoms with Crippen molar-refractivity contribution in [3.8, 4) is 5.19 Å². The summed E-state index contributed by atoms with van der Waals surface area (Å²) in [5.74, 6) is 0. The number of hydrogen-bond donors (Lipinski definition) is 0. The molecule has 0 aliphatic rings. The zero-order valence-electron chi connectivity index (χ0n) is 3.77. The molecule has 1 aromatic heterocycles. The zero-order valence-corrected chi connectivity index (χ0v) is 4.59. The predicted molar refractivity (Wildman–Crippen MR) is 26.6 cm³/mol. The first-order valence-corrected chi connectivity index (χ1v) is 2.68. The van der Waals surface area contributed by atoms with Crippen molar-refractivity contribution in [3.05, 3.63) is 5.51 Å². The summed E-state index contributed by atoms with van der Waals surface area (Å²) in [6, 6.07) is 0. The van der Waals surface area contributed by atoms with Crippen LogP contribution in [0.4, 0.5) is 0 Å². The van der Waals surface area contributed by atoms with Gasteiger partial charge in [0.05, 0.1) is 0 Å². The van der Waals surface area contributed by atoms with Gasteiger partial charge in [0.2, 0.25) is 0 Å². The molecule has 5 heteroatoms. The predicted octanol–water partition coefficient (Wildman–Crippen LogP) is 0.0733. The van der Waals surface area contributed by atoms with Crippen LogP contribution in [-0.4, -0.2) is 16.7 Å². The molecular weight excluding hydrogens is 128 g/mol. The van der Waals surface area contributed by atoms with Crippen LogP contribution in [0.5, 0.6) is 5.19 Å². The van der Waals surface area contributed by atoms with Gasteiger partial charge in [-0.3, -0.25) is 4.79 Å². The highest BCUT2D eigenvalue weighted by atomic mass is 32.1. The summed E-state index contributed by atoms with van der Waals surface area (Å²) in [5, 5.41) is 7.12. The third-order valence-electron chi connectivity index (χ3n) is 0.489. The zero-order chi connectivity index (χ0) is 5.82. The molecule has 0 atom stereocenters. The van der Waals surface area contributed by atoms with Gasteiger partial charge in [-0.15, -0.1) is 5.10 Å². The Bertz CT molecular complexity index is 162. The van der Waals surface area contributed by atoms with Crippen molar-refractivity contribution in [2.24, 2.45) is 0 Å². The summed E-state index contributed by atoms with van der Waals surface area (Å²) in [7, 11) is 0. The minimum Gasteiger partial charge on any atom is -0.399 e. The topological polar surface area (TPSA) is 52.1 Å². The Morgan fingerprint density at radius 1 is 1.88 bits per heavy atom. The molecule has 0 saturated heterocycles. The highest BCUT2D eigenvalue weighted by Gasteiger charge is 1.91. The quantitative estimate of drug-likeness (QED) is 0.532. The molecule has 0 aliphatic carbocycles. The van der Waals surface area contributed by atoms with Crippen molar-refractivity contribution in [1.29, 1.82) is 0 Å². The summed E-state index contributed by atoms with van der Waals surface area (Å²) in [4.78, 5) is 9.59. The van der Waals surface area contributed by atoms with Crippen LogP contribution < -0.4 is 4.74 Å². The largest absolute Gasteiger partial charge is 0.399 e. The highest BCUT2D eigenvalue weighted by Crippen LogP contribution is 2.08. The van der Waals surface area contributed by atoms with Crippen molar-refractivity contribution in [3.63, 3.8) is 0 Å². The number of carbonyl (C=O) groups excluding carboxylic acids is 1. The maximum atomic E-state index is 9.59. The fourth-order valence-corrected chi connectivity index (χ4v) is 0.629. The van der Waals surface area contributed by atoms with Crippen molar-refractivity contribution < 1.29 is 9.53 Å². The molecule has 0 spiro atoms. The van der Waals surface area contributed by atoms with E-state index in [2.05, 4.69) is 14.9 Å². The molecule has 1 rings (SSSR count). The second kappa shape index (κ2) is 2.37. The van der Waals surface area contributed by atoms with E-state index in [1.165, 1.54) is 16.8 Å². The second-order valence-electron chi connectivity index (χ2n) is 0.919. The van der Waals surface area contributed by atoms with Crippen LogP contribution >= 0.6 is 11.3 Å². The van der Waals surface area contributed by atoms with Crippen molar-refractivity contribution in [1.82, 2.24) is 10.2 Å². The number of rotatable bonds is 2. The number of hydrogen-bond acceptors (Lipinski definition) is 5. The molecule has 42 valence electrons. The lowest BCUT2D eigenvalue weighted by Gasteiger charge is -1.80. The number of ether oxygens (including phenoxy) is 1.